The van der Waals surface area contributed by atoms with Crippen molar-refractivity contribution in [3.63, 3.8) is 0 Å². The summed E-state index contributed by atoms with van der Waals surface area (Å²) in [6.45, 7) is 0. The van der Waals surface area contributed by atoms with Gasteiger partial charge in [0.1, 0.15) is 6.29 Å². The van der Waals surface area contributed by atoms with Gasteiger partial charge in [-0.05, 0) is 43.1 Å². The molecule has 1 fully saturated rings. The fourth-order valence-electron chi connectivity index (χ4n) is 2.80. The minimum absolute atomic E-state index is 0.547. The smallest absolute Gasteiger partial charge is 0.145 e. The van der Waals surface area contributed by atoms with Crippen molar-refractivity contribution in [2.24, 2.45) is 5.41 Å². The third-order valence-electron chi connectivity index (χ3n) is 3.48. The van der Waals surface area contributed by atoms with Crippen LogP contribution in [0.2, 0.25) is 0 Å². The molecule has 0 aliphatic heterocycles. The van der Waals surface area contributed by atoms with Crippen LogP contribution in [0.25, 0.3) is 0 Å². The number of rotatable bonds is 1. The van der Waals surface area contributed by atoms with Crippen molar-refractivity contribution in [3.8, 4) is 0 Å². The van der Waals surface area contributed by atoms with Crippen molar-refractivity contribution in [3.05, 3.63) is 11.6 Å². The molecule has 0 aromatic heterocycles. The Morgan fingerprint density at radius 1 is 1.25 bits per heavy atom. The first-order valence-corrected chi connectivity index (χ1v) is 4.99. The highest BCUT2D eigenvalue weighted by Gasteiger charge is 2.35. The van der Waals surface area contributed by atoms with Crippen LogP contribution in [0.15, 0.2) is 11.6 Å². The molecule has 0 aromatic carbocycles. The molecule has 0 amide bonds. The normalized spacial score (nSPS) is 27.2. The number of allylic oxidation sites excluding steroid dienone is 2. The molecule has 2 aliphatic rings. The lowest BCUT2D eigenvalue weighted by Gasteiger charge is -2.31. The molecule has 0 aromatic rings. The molecule has 0 saturated heterocycles. The van der Waals surface area contributed by atoms with Crippen LogP contribution in [0.3, 0.4) is 0 Å². The predicted octanol–water partition coefficient (Wildman–Crippen LogP) is 2.86. The van der Waals surface area contributed by atoms with Gasteiger partial charge in [0.05, 0.1) is 0 Å². The second-order valence-corrected chi connectivity index (χ2v) is 4.32. The Kier molecular flexibility index (Phi) is 2.03. The molecule has 2 rings (SSSR count). The average Bonchev–Trinajstić information content (AvgIpc) is 2.53. The Hall–Kier alpha value is -0.590. The monoisotopic (exact) mass is 164 g/mol. The summed E-state index contributed by atoms with van der Waals surface area (Å²) in [5.41, 5.74) is 1.61. The summed E-state index contributed by atoms with van der Waals surface area (Å²) in [5, 5.41) is 0. The van der Waals surface area contributed by atoms with Gasteiger partial charge in [-0.2, -0.15) is 0 Å². The van der Waals surface area contributed by atoms with Gasteiger partial charge >= 0.3 is 0 Å². The number of carbonyl (C=O) groups excluding carboxylic acids is 1. The third kappa shape index (κ3) is 1.33. The fourth-order valence-corrected chi connectivity index (χ4v) is 2.80. The molecule has 2 aliphatic carbocycles. The molecule has 66 valence electrons. The Balaban J connectivity index is 2.10. The molecule has 1 nitrogen and oxygen atoms in total. The van der Waals surface area contributed by atoms with E-state index in [2.05, 4.69) is 6.08 Å². The van der Waals surface area contributed by atoms with Crippen LogP contribution in [0, 0.1) is 5.41 Å². The summed E-state index contributed by atoms with van der Waals surface area (Å²) in [5.74, 6) is 0. The van der Waals surface area contributed by atoms with Crippen LogP contribution in [0.4, 0.5) is 0 Å². The molecule has 0 atom stereocenters. The lowest BCUT2D eigenvalue weighted by molar-refractivity contribution is -0.105. The zero-order chi connectivity index (χ0) is 8.44. The van der Waals surface area contributed by atoms with Gasteiger partial charge in [0.25, 0.3) is 0 Å². The summed E-state index contributed by atoms with van der Waals surface area (Å²) in [4.78, 5) is 10.6. The fraction of sp³-hybridized carbons (Fsp3) is 0.727. The van der Waals surface area contributed by atoms with E-state index in [4.69, 9.17) is 0 Å². The van der Waals surface area contributed by atoms with Crippen LogP contribution >= 0.6 is 0 Å². The predicted molar refractivity (Wildman–Crippen MR) is 48.9 cm³/mol. The van der Waals surface area contributed by atoms with E-state index in [0.29, 0.717) is 5.41 Å². The minimum atomic E-state index is 0.547. The first-order valence-electron chi connectivity index (χ1n) is 4.99. The molecule has 1 saturated carbocycles. The summed E-state index contributed by atoms with van der Waals surface area (Å²) < 4.78 is 0. The quantitative estimate of drug-likeness (QED) is 0.545. The van der Waals surface area contributed by atoms with Crippen LogP contribution in [0.1, 0.15) is 44.9 Å². The Morgan fingerprint density at radius 2 is 2.00 bits per heavy atom. The maximum absolute atomic E-state index is 10.6. The molecule has 0 bridgehead atoms. The highest BCUT2D eigenvalue weighted by molar-refractivity contribution is 5.73. The zero-order valence-corrected chi connectivity index (χ0v) is 7.51. The van der Waals surface area contributed by atoms with E-state index in [-0.39, 0.29) is 0 Å². The number of aldehydes is 1. The van der Waals surface area contributed by atoms with E-state index in [1.165, 1.54) is 32.1 Å². The molecule has 12 heavy (non-hydrogen) atoms. The van der Waals surface area contributed by atoms with Gasteiger partial charge < -0.3 is 0 Å². The molecular formula is C11H16O. The van der Waals surface area contributed by atoms with Crippen LogP contribution in [0.5, 0.6) is 0 Å². The van der Waals surface area contributed by atoms with Crippen molar-refractivity contribution in [2.75, 3.05) is 0 Å². The molecule has 0 N–H and O–H groups in total. The largest absolute Gasteiger partial charge is 0.298 e. The van der Waals surface area contributed by atoms with Gasteiger partial charge in [-0.1, -0.05) is 18.9 Å². The maximum Gasteiger partial charge on any atom is 0.145 e. The second-order valence-electron chi connectivity index (χ2n) is 4.32. The molecular weight excluding hydrogens is 148 g/mol. The molecule has 0 radical (unpaired) electrons. The van der Waals surface area contributed by atoms with Gasteiger partial charge in [0.2, 0.25) is 0 Å². The van der Waals surface area contributed by atoms with Crippen molar-refractivity contribution < 1.29 is 4.79 Å². The van der Waals surface area contributed by atoms with Gasteiger partial charge in [0.15, 0.2) is 0 Å². The first-order chi connectivity index (χ1) is 5.85. The summed E-state index contributed by atoms with van der Waals surface area (Å²) in [6.07, 6.45) is 12.2. The van der Waals surface area contributed by atoms with Crippen LogP contribution in [-0.2, 0) is 4.79 Å². The van der Waals surface area contributed by atoms with E-state index in [1.54, 1.807) is 0 Å². The second kappa shape index (κ2) is 3.04. The summed E-state index contributed by atoms with van der Waals surface area (Å²) in [7, 11) is 0. The number of hydrogen-bond donors (Lipinski definition) is 0. The topological polar surface area (TPSA) is 17.1 Å². The zero-order valence-electron chi connectivity index (χ0n) is 7.51. The SMILES string of the molecule is O=CC1=CCCC2(CCCC2)C1. The summed E-state index contributed by atoms with van der Waals surface area (Å²) in [6, 6.07) is 0. The highest BCUT2D eigenvalue weighted by atomic mass is 16.1. The minimum Gasteiger partial charge on any atom is -0.298 e. The van der Waals surface area contributed by atoms with Gasteiger partial charge in [-0.15, -0.1) is 0 Å². The lowest BCUT2D eigenvalue weighted by atomic mass is 9.73. The van der Waals surface area contributed by atoms with Crippen molar-refractivity contribution in [1.29, 1.82) is 0 Å². The number of hydrogen-bond acceptors (Lipinski definition) is 1. The van der Waals surface area contributed by atoms with Gasteiger partial charge in [-0.3, -0.25) is 4.79 Å². The van der Waals surface area contributed by atoms with E-state index < -0.39 is 0 Å². The van der Waals surface area contributed by atoms with Gasteiger partial charge in [-0.25, -0.2) is 0 Å². The first kappa shape index (κ1) is 8.03. The highest BCUT2D eigenvalue weighted by Crippen LogP contribution is 2.48. The lowest BCUT2D eigenvalue weighted by Crippen LogP contribution is -2.20. The van der Waals surface area contributed by atoms with Crippen molar-refractivity contribution >= 4 is 6.29 Å². The molecule has 1 heteroatoms. The Labute approximate surface area is 73.8 Å². The van der Waals surface area contributed by atoms with Crippen LogP contribution < -0.4 is 0 Å². The van der Waals surface area contributed by atoms with Crippen molar-refractivity contribution in [2.45, 2.75) is 44.9 Å². The van der Waals surface area contributed by atoms with E-state index in [9.17, 15) is 4.79 Å². The molecule has 0 unspecified atom stereocenters. The van der Waals surface area contributed by atoms with Crippen LogP contribution in [-0.4, -0.2) is 6.29 Å². The maximum atomic E-state index is 10.6. The van der Waals surface area contributed by atoms with Crippen molar-refractivity contribution in [1.82, 2.24) is 0 Å². The standard InChI is InChI=1S/C11H16O/c12-9-10-4-3-7-11(8-10)5-1-2-6-11/h4,9H,1-3,5-8H2. The molecule has 0 heterocycles. The summed E-state index contributed by atoms with van der Waals surface area (Å²) >= 11 is 0. The average molecular weight is 164 g/mol. The van der Waals surface area contributed by atoms with E-state index in [1.807, 2.05) is 0 Å². The van der Waals surface area contributed by atoms with Gasteiger partial charge in [0, 0.05) is 0 Å². The Bertz CT molecular complexity index is 209. The van der Waals surface area contributed by atoms with E-state index >= 15 is 0 Å². The third-order valence-corrected chi connectivity index (χ3v) is 3.48. The van der Waals surface area contributed by atoms with E-state index in [0.717, 1.165) is 24.7 Å². The Morgan fingerprint density at radius 3 is 2.67 bits per heavy atom. The molecule has 1 spiro atoms. The number of carbonyl (C=O) groups is 1.